The summed E-state index contributed by atoms with van der Waals surface area (Å²) in [5.41, 5.74) is 0.321. The van der Waals surface area contributed by atoms with Gasteiger partial charge in [-0.1, -0.05) is 47.5 Å². The molecule has 0 saturated heterocycles. The lowest BCUT2D eigenvalue weighted by atomic mass is 9.73. The zero-order valence-corrected chi connectivity index (χ0v) is 11.8. The van der Waals surface area contributed by atoms with E-state index in [2.05, 4.69) is 34.6 Å². The number of aliphatic hydroxyl groups is 1. The minimum atomic E-state index is -0.0722. The fourth-order valence-corrected chi connectivity index (χ4v) is 2.74. The van der Waals surface area contributed by atoms with Gasteiger partial charge in [0.05, 0.1) is 6.10 Å². The molecule has 0 spiro atoms. The Morgan fingerprint density at radius 2 is 1.88 bits per heavy atom. The van der Waals surface area contributed by atoms with Gasteiger partial charge in [0, 0.05) is 0 Å². The molecule has 0 aliphatic heterocycles. The number of rotatable bonds is 3. The standard InChI is InChI=1S/C15H30O/c1-11-7-6-8-13(9-11)14(16)10-12(2)15(3,4)5/h11-14,16H,6-10H2,1-5H3. The molecule has 1 rings (SSSR count). The summed E-state index contributed by atoms with van der Waals surface area (Å²) >= 11 is 0. The van der Waals surface area contributed by atoms with Crippen molar-refractivity contribution in [1.82, 2.24) is 0 Å². The molecule has 1 N–H and O–H groups in total. The summed E-state index contributed by atoms with van der Waals surface area (Å²) in [4.78, 5) is 0. The van der Waals surface area contributed by atoms with Crippen LogP contribution in [0.5, 0.6) is 0 Å². The van der Waals surface area contributed by atoms with Gasteiger partial charge in [-0.05, 0) is 42.4 Å². The van der Waals surface area contributed by atoms with E-state index in [1.165, 1.54) is 25.7 Å². The second kappa shape index (κ2) is 5.53. The maximum absolute atomic E-state index is 10.3. The molecule has 1 saturated carbocycles. The average Bonchev–Trinajstić information content (AvgIpc) is 2.16. The van der Waals surface area contributed by atoms with Crippen LogP contribution >= 0.6 is 0 Å². The molecule has 1 aliphatic carbocycles. The van der Waals surface area contributed by atoms with E-state index in [1.807, 2.05) is 0 Å². The van der Waals surface area contributed by atoms with Gasteiger partial charge in [-0.2, -0.15) is 0 Å². The highest BCUT2D eigenvalue weighted by Gasteiger charge is 2.29. The average molecular weight is 226 g/mol. The van der Waals surface area contributed by atoms with Crippen LogP contribution in [0.4, 0.5) is 0 Å². The number of hydrogen-bond acceptors (Lipinski definition) is 1. The molecule has 0 bridgehead atoms. The van der Waals surface area contributed by atoms with E-state index in [1.54, 1.807) is 0 Å². The van der Waals surface area contributed by atoms with Crippen molar-refractivity contribution in [3.8, 4) is 0 Å². The zero-order chi connectivity index (χ0) is 12.3. The van der Waals surface area contributed by atoms with E-state index in [0.717, 1.165) is 12.3 Å². The lowest BCUT2D eigenvalue weighted by Crippen LogP contribution is -2.30. The zero-order valence-electron chi connectivity index (χ0n) is 11.8. The molecule has 0 heterocycles. The van der Waals surface area contributed by atoms with Gasteiger partial charge in [0.1, 0.15) is 0 Å². The third-order valence-electron chi connectivity index (χ3n) is 4.59. The Labute approximate surface area is 102 Å². The summed E-state index contributed by atoms with van der Waals surface area (Å²) in [6, 6.07) is 0. The van der Waals surface area contributed by atoms with Crippen LogP contribution in [0.2, 0.25) is 0 Å². The van der Waals surface area contributed by atoms with Crippen molar-refractivity contribution in [2.24, 2.45) is 23.2 Å². The normalized spacial score (nSPS) is 31.1. The van der Waals surface area contributed by atoms with Crippen molar-refractivity contribution in [2.75, 3.05) is 0 Å². The van der Waals surface area contributed by atoms with E-state index >= 15 is 0 Å². The SMILES string of the molecule is CC1CCCC(C(O)CC(C)C(C)(C)C)C1. The lowest BCUT2D eigenvalue weighted by Gasteiger charge is -2.35. The van der Waals surface area contributed by atoms with Gasteiger partial charge < -0.3 is 5.11 Å². The molecule has 4 unspecified atom stereocenters. The van der Waals surface area contributed by atoms with Crippen LogP contribution in [-0.2, 0) is 0 Å². The van der Waals surface area contributed by atoms with E-state index in [4.69, 9.17) is 0 Å². The van der Waals surface area contributed by atoms with E-state index in [0.29, 0.717) is 17.3 Å². The molecule has 96 valence electrons. The maximum Gasteiger partial charge on any atom is 0.0571 e. The molecule has 0 aromatic rings. The van der Waals surface area contributed by atoms with Crippen LogP contribution in [-0.4, -0.2) is 11.2 Å². The highest BCUT2D eigenvalue weighted by Crippen LogP contribution is 2.36. The van der Waals surface area contributed by atoms with Crippen LogP contribution in [0.25, 0.3) is 0 Å². The first kappa shape index (κ1) is 14.0. The Bertz CT molecular complexity index is 204. The van der Waals surface area contributed by atoms with Gasteiger partial charge in [0.15, 0.2) is 0 Å². The fourth-order valence-electron chi connectivity index (χ4n) is 2.74. The molecule has 1 fully saturated rings. The summed E-state index contributed by atoms with van der Waals surface area (Å²) in [6.07, 6.45) is 6.04. The fraction of sp³-hybridized carbons (Fsp3) is 1.00. The topological polar surface area (TPSA) is 20.2 Å². The predicted molar refractivity (Wildman–Crippen MR) is 70.4 cm³/mol. The minimum absolute atomic E-state index is 0.0722. The third-order valence-corrected chi connectivity index (χ3v) is 4.59. The third kappa shape index (κ3) is 4.08. The van der Waals surface area contributed by atoms with Crippen LogP contribution in [0.15, 0.2) is 0 Å². The summed E-state index contributed by atoms with van der Waals surface area (Å²) in [7, 11) is 0. The highest BCUT2D eigenvalue weighted by atomic mass is 16.3. The van der Waals surface area contributed by atoms with Gasteiger partial charge in [0.25, 0.3) is 0 Å². The Kier molecular flexibility index (Phi) is 4.85. The molecule has 0 aromatic carbocycles. The first-order chi connectivity index (χ1) is 7.30. The van der Waals surface area contributed by atoms with Crippen molar-refractivity contribution >= 4 is 0 Å². The van der Waals surface area contributed by atoms with Crippen molar-refractivity contribution < 1.29 is 5.11 Å². The van der Waals surface area contributed by atoms with Crippen molar-refractivity contribution in [1.29, 1.82) is 0 Å². The Balaban J connectivity index is 2.42. The van der Waals surface area contributed by atoms with Crippen LogP contribution in [0.3, 0.4) is 0 Å². The number of aliphatic hydroxyl groups excluding tert-OH is 1. The van der Waals surface area contributed by atoms with Gasteiger partial charge in [-0.15, -0.1) is 0 Å². The van der Waals surface area contributed by atoms with Crippen LogP contribution < -0.4 is 0 Å². The van der Waals surface area contributed by atoms with Crippen LogP contribution in [0, 0.1) is 23.2 Å². The van der Waals surface area contributed by atoms with Crippen LogP contribution in [0.1, 0.15) is 66.7 Å². The van der Waals surface area contributed by atoms with Gasteiger partial charge in [-0.3, -0.25) is 0 Å². The second-order valence-electron chi connectivity index (χ2n) is 7.10. The van der Waals surface area contributed by atoms with Crippen molar-refractivity contribution in [2.45, 2.75) is 72.8 Å². The van der Waals surface area contributed by atoms with Crippen molar-refractivity contribution in [3.05, 3.63) is 0 Å². The second-order valence-corrected chi connectivity index (χ2v) is 7.10. The molecule has 16 heavy (non-hydrogen) atoms. The molecule has 1 nitrogen and oxygen atoms in total. The lowest BCUT2D eigenvalue weighted by molar-refractivity contribution is 0.0369. The summed E-state index contributed by atoms with van der Waals surface area (Å²) in [5, 5.41) is 10.3. The van der Waals surface area contributed by atoms with E-state index in [9.17, 15) is 5.11 Å². The summed E-state index contributed by atoms with van der Waals surface area (Å²) in [6.45, 7) is 11.4. The monoisotopic (exact) mass is 226 g/mol. The van der Waals surface area contributed by atoms with E-state index < -0.39 is 0 Å². The molecular weight excluding hydrogens is 196 g/mol. The predicted octanol–water partition coefficient (Wildman–Crippen LogP) is 4.25. The van der Waals surface area contributed by atoms with Crippen molar-refractivity contribution in [3.63, 3.8) is 0 Å². The molecule has 0 radical (unpaired) electrons. The smallest absolute Gasteiger partial charge is 0.0571 e. The Morgan fingerprint density at radius 1 is 1.25 bits per heavy atom. The van der Waals surface area contributed by atoms with E-state index in [-0.39, 0.29) is 6.10 Å². The van der Waals surface area contributed by atoms with Gasteiger partial charge in [0.2, 0.25) is 0 Å². The molecule has 0 amide bonds. The Morgan fingerprint density at radius 3 is 2.38 bits per heavy atom. The highest BCUT2D eigenvalue weighted by molar-refractivity contribution is 4.80. The van der Waals surface area contributed by atoms with Gasteiger partial charge in [-0.25, -0.2) is 0 Å². The summed E-state index contributed by atoms with van der Waals surface area (Å²) in [5.74, 6) is 1.98. The first-order valence-electron chi connectivity index (χ1n) is 6.98. The first-order valence-corrected chi connectivity index (χ1v) is 6.98. The molecule has 1 aliphatic rings. The van der Waals surface area contributed by atoms with Gasteiger partial charge >= 0.3 is 0 Å². The molecule has 0 aromatic heterocycles. The number of hydrogen-bond donors (Lipinski definition) is 1. The molecule has 4 atom stereocenters. The quantitative estimate of drug-likeness (QED) is 0.763. The minimum Gasteiger partial charge on any atom is -0.393 e. The molecule has 1 heteroatoms. The Hall–Kier alpha value is -0.0400. The molecular formula is C15H30O. The largest absolute Gasteiger partial charge is 0.393 e. The summed E-state index contributed by atoms with van der Waals surface area (Å²) < 4.78 is 0. The maximum atomic E-state index is 10.3.